The van der Waals surface area contributed by atoms with Crippen molar-refractivity contribution in [1.29, 1.82) is 0 Å². The van der Waals surface area contributed by atoms with Crippen molar-refractivity contribution in [2.45, 2.75) is 64.1 Å². The molecule has 4 aromatic rings. The summed E-state index contributed by atoms with van der Waals surface area (Å²) in [6.45, 7) is 9.15. The molecule has 248 valence electrons. The van der Waals surface area contributed by atoms with Crippen molar-refractivity contribution in [1.82, 2.24) is 10.2 Å². The van der Waals surface area contributed by atoms with E-state index < -0.39 is 34.1 Å². The number of para-hydroxylation sites is 2. The molecule has 0 spiro atoms. The summed E-state index contributed by atoms with van der Waals surface area (Å²) in [5, 5.41) is 3.42. The Hall–Kier alpha value is -4.34. The Morgan fingerprint density at radius 2 is 1.49 bits per heavy atom. The zero-order valence-electron chi connectivity index (χ0n) is 27.4. The molecule has 0 aliphatic carbocycles. The van der Waals surface area contributed by atoms with Crippen LogP contribution in [-0.4, -0.2) is 49.9 Å². The Morgan fingerprint density at radius 1 is 0.872 bits per heavy atom. The van der Waals surface area contributed by atoms with E-state index in [0.29, 0.717) is 10.8 Å². The summed E-state index contributed by atoms with van der Waals surface area (Å²) in [5.74, 6) is -0.593. The first kappa shape index (κ1) is 35.5. The second-order valence-corrected chi connectivity index (χ2v) is 14.6. The summed E-state index contributed by atoms with van der Waals surface area (Å²) < 4.78 is 35.5. The molecule has 0 saturated carbocycles. The number of nitrogens with zero attached hydrogens (tertiary/aromatic N) is 2. The molecule has 0 unspecified atom stereocenters. The highest BCUT2D eigenvalue weighted by atomic mass is 35.5. The summed E-state index contributed by atoms with van der Waals surface area (Å²) in [6, 6.07) is 28.6. The van der Waals surface area contributed by atoms with Gasteiger partial charge in [0.25, 0.3) is 10.0 Å². The number of benzene rings is 4. The minimum absolute atomic E-state index is 0.0437. The van der Waals surface area contributed by atoms with Crippen LogP contribution in [0, 0.1) is 6.92 Å². The molecule has 2 amide bonds. The molecule has 0 saturated heterocycles. The monoisotopic (exact) mass is 675 g/mol. The van der Waals surface area contributed by atoms with Gasteiger partial charge in [-0.3, -0.25) is 13.9 Å². The van der Waals surface area contributed by atoms with Crippen LogP contribution >= 0.6 is 11.6 Å². The maximum atomic E-state index is 14.7. The molecular formula is C37H42ClN3O5S. The molecule has 4 rings (SSSR count). The maximum Gasteiger partial charge on any atom is 0.264 e. The molecule has 47 heavy (non-hydrogen) atoms. The number of anilines is 1. The molecule has 0 aliphatic rings. The summed E-state index contributed by atoms with van der Waals surface area (Å²) in [7, 11) is -4.31. The number of hydrogen-bond donors (Lipinski definition) is 1. The number of halogens is 1. The van der Waals surface area contributed by atoms with E-state index >= 15 is 0 Å². The fourth-order valence-electron chi connectivity index (χ4n) is 5.17. The van der Waals surface area contributed by atoms with Gasteiger partial charge in [0.05, 0.1) is 17.2 Å². The topological polar surface area (TPSA) is 96.0 Å². The van der Waals surface area contributed by atoms with Gasteiger partial charge in [-0.05, 0) is 87.7 Å². The van der Waals surface area contributed by atoms with Gasteiger partial charge in [-0.2, -0.15) is 0 Å². The van der Waals surface area contributed by atoms with Gasteiger partial charge < -0.3 is 15.0 Å². The Morgan fingerprint density at radius 3 is 2.13 bits per heavy atom. The van der Waals surface area contributed by atoms with Crippen LogP contribution in [-0.2, 0) is 32.6 Å². The van der Waals surface area contributed by atoms with Crippen LogP contribution in [0.4, 0.5) is 5.69 Å². The predicted molar refractivity (Wildman–Crippen MR) is 187 cm³/mol. The highest BCUT2D eigenvalue weighted by Gasteiger charge is 2.36. The second kappa shape index (κ2) is 15.5. The third-order valence-electron chi connectivity index (χ3n) is 7.49. The molecule has 0 heterocycles. The summed E-state index contributed by atoms with van der Waals surface area (Å²) in [4.78, 5) is 30.2. The van der Waals surface area contributed by atoms with Crippen molar-refractivity contribution in [3.8, 4) is 5.75 Å². The van der Waals surface area contributed by atoms with E-state index in [1.54, 1.807) is 31.2 Å². The fraction of sp³-hybridized carbons (Fsp3) is 0.297. The highest BCUT2D eigenvalue weighted by Crippen LogP contribution is 2.33. The molecule has 1 N–H and O–H groups in total. The number of sulfonamides is 1. The van der Waals surface area contributed by atoms with E-state index in [-0.39, 0.29) is 36.1 Å². The smallest absolute Gasteiger partial charge is 0.264 e. The van der Waals surface area contributed by atoms with Crippen molar-refractivity contribution in [2.24, 2.45) is 0 Å². The van der Waals surface area contributed by atoms with Crippen LogP contribution in [0.5, 0.6) is 5.75 Å². The van der Waals surface area contributed by atoms with Crippen molar-refractivity contribution in [3.05, 3.63) is 125 Å². The number of ether oxygens (including phenoxy) is 1. The van der Waals surface area contributed by atoms with Crippen LogP contribution in [0.15, 0.2) is 108 Å². The van der Waals surface area contributed by atoms with E-state index in [0.717, 1.165) is 21.0 Å². The first-order chi connectivity index (χ1) is 22.3. The van der Waals surface area contributed by atoms with E-state index in [4.69, 9.17) is 16.3 Å². The van der Waals surface area contributed by atoms with Gasteiger partial charge >= 0.3 is 0 Å². The van der Waals surface area contributed by atoms with Crippen LogP contribution in [0.2, 0.25) is 5.02 Å². The normalized spacial score (nSPS) is 12.2. The van der Waals surface area contributed by atoms with E-state index in [9.17, 15) is 18.0 Å². The lowest BCUT2D eigenvalue weighted by atomic mass is 10.00. The van der Waals surface area contributed by atoms with E-state index in [1.807, 2.05) is 82.3 Å². The van der Waals surface area contributed by atoms with Gasteiger partial charge in [0.1, 0.15) is 18.3 Å². The van der Waals surface area contributed by atoms with Gasteiger partial charge in [0, 0.05) is 23.5 Å². The zero-order valence-corrected chi connectivity index (χ0v) is 29.0. The number of carbonyl (C=O) groups is 2. The largest absolute Gasteiger partial charge is 0.492 e. The quantitative estimate of drug-likeness (QED) is 0.168. The standard InChI is InChI=1S/C37H42ClN3O5S/c1-6-46-34-19-13-12-18-32(34)41(47(44,45)31-22-20-30(38)21-23-31)26-35(42)40(25-29-17-11-10-14-27(29)2)33(36(43)39-37(3,4)5)24-28-15-8-7-9-16-28/h7-23,33H,6,24-26H2,1-5H3,(H,39,43)/t33-/m1/s1. The average Bonchev–Trinajstić information content (AvgIpc) is 3.02. The summed E-state index contributed by atoms with van der Waals surface area (Å²) >= 11 is 6.09. The fourth-order valence-corrected chi connectivity index (χ4v) is 6.72. The molecule has 0 radical (unpaired) electrons. The first-order valence-electron chi connectivity index (χ1n) is 15.5. The molecule has 0 bridgehead atoms. The van der Waals surface area contributed by atoms with Crippen LogP contribution in [0.25, 0.3) is 0 Å². The number of hydrogen-bond acceptors (Lipinski definition) is 5. The van der Waals surface area contributed by atoms with Crippen LogP contribution in [0.3, 0.4) is 0 Å². The van der Waals surface area contributed by atoms with Crippen molar-refractivity contribution < 1.29 is 22.7 Å². The van der Waals surface area contributed by atoms with Gasteiger partial charge in [-0.15, -0.1) is 0 Å². The number of rotatable bonds is 13. The van der Waals surface area contributed by atoms with Crippen molar-refractivity contribution in [3.63, 3.8) is 0 Å². The highest BCUT2D eigenvalue weighted by molar-refractivity contribution is 7.92. The molecule has 1 atom stereocenters. The number of carbonyl (C=O) groups excluding carboxylic acids is 2. The maximum absolute atomic E-state index is 14.7. The van der Waals surface area contributed by atoms with Gasteiger partial charge in [-0.25, -0.2) is 8.42 Å². The minimum atomic E-state index is -4.31. The zero-order chi connectivity index (χ0) is 34.2. The second-order valence-electron chi connectivity index (χ2n) is 12.3. The van der Waals surface area contributed by atoms with Gasteiger partial charge in [-0.1, -0.05) is 78.3 Å². The van der Waals surface area contributed by atoms with E-state index in [2.05, 4.69) is 5.32 Å². The third-order valence-corrected chi connectivity index (χ3v) is 9.51. The lowest BCUT2D eigenvalue weighted by molar-refractivity contribution is -0.140. The van der Waals surface area contributed by atoms with Gasteiger partial charge in [0.2, 0.25) is 11.8 Å². The number of nitrogens with one attached hydrogen (secondary N) is 1. The Kier molecular flexibility index (Phi) is 11.7. The van der Waals surface area contributed by atoms with Crippen LogP contribution < -0.4 is 14.4 Å². The minimum Gasteiger partial charge on any atom is -0.492 e. The van der Waals surface area contributed by atoms with Crippen LogP contribution in [0.1, 0.15) is 44.4 Å². The predicted octanol–water partition coefficient (Wildman–Crippen LogP) is 6.80. The molecule has 0 aliphatic heterocycles. The number of aryl methyl sites for hydroxylation is 1. The third kappa shape index (κ3) is 9.36. The Bertz CT molecular complexity index is 1770. The molecule has 8 nitrogen and oxygen atoms in total. The molecular weight excluding hydrogens is 634 g/mol. The van der Waals surface area contributed by atoms with E-state index in [1.165, 1.54) is 29.2 Å². The summed E-state index contributed by atoms with van der Waals surface area (Å²) in [6.07, 6.45) is 0.222. The lowest BCUT2D eigenvalue weighted by Gasteiger charge is -2.35. The Labute approximate surface area is 283 Å². The molecule has 4 aromatic carbocycles. The summed E-state index contributed by atoms with van der Waals surface area (Å²) in [5.41, 5.74) is 2.25. The molecule has 0 fully saturated rings. The SMILES string of the molecule is CCOc1ccccc1N(CC(=O)N(Cc1ccccc1C)[C@H](Cc1ccccc1)C(=O)NC(C)(C)C)S(=O)(=O)c1ccc(Cl)cc1. The number of amides is 2. The Balaban J connectivity index is 1.86. The van der Waals surface area contributed by atoms with Crippen molar-refractivity contribution in [2.75, 3.05) is 17.5 Å². The molecule has 10 heteroatoms. The molecule has 0 aromatic heterocycles. The van der Waals surface area contributed by atoms with Crippen molar-refractivity contribution >= 4 is 39.1 Å². The van der Waals surface area contributed by atoms with Gasteiger partial charge in [0.15, 0.2) is 0 Å². The lowest BCUT2D eigenvalue weighted by Crippen LogP contribution is -2.56. The average molecular weight is 676 g/mol. The first-order valence-corrected chi connectivity index (χ1v) is 17.3.